The van der Waals surface area contributed by atoms with Crippen LogP contribution >= 0.6 is 0 Å². The van der Waals surface area contributed by atoms with Crippen molar-refractivity contribution in [2.45, 2.75) is 71.9 Å². The molecule has 0 N–H and O–H groups in total. The Hall–Kier alpha value is -3.55. The fourth-order valence-electron chi connectivity index (χ4n) is 4.34. The van der Waals surface area contributed by atoms with Crippen LogP contribution in [0, 0.1) is 0 Å². The molecule has 1 aliphatic carbocycles. The number of hydrogen-bond donors (Lipinski definition) is 0. The van der Waals surface area contributed by atoms with E-state index in [0.29, 0.717) is 32.5 Å². The Bertz CT molecular complexity index is 1120. The lowest BCUT2D eigenvalue weighted by Gasteiger charge is -2.37. The van der Waals surface area contributed by atoms with Crippen molar-refractivity contribution >= 4 is 12.1 Å². The molecule has 4 rings (SSSR count). The number of ether oxygens (including phenoxy) is 2. The second-order valence-electron chi connectivity index (χ2n) is 10.3. The van der Waals surface area contributed by atoms with Gasteiger partial charge in [0.1, 0.15) is 24.3 Å². The molecule has 8 nitrogen and oxygen atoms in total. The molecular formula is C30H42N4O4. The minimum atomic E-state index is -0.516. The van der Waals surface area contributed by atoms with Crippen molar-refractivity contribution in [1.29, 1.82) is 0 Å². The number of carbonyl (C=O) groups excluding carboxylic acids is 2. The standard InChI is InChI=1S/C28H36N4O4.C2H6/c1-28(2,3)36-27(34)31-16-14-23(15-17-31)30(4)26(33)32-18-25(29-20-32)22-10-12-24(13-11-22)35-19-21-8-6-5-7-9-21;1-2/h6,8-13,18,20,23H,5,7,14-17,19H2,1-4H3;1-2H3. The molecule has 1 aromatic carbocycles. The predicted octanol–water partition coefficient (Wildman–Crippen LogP) is 6.53. The van der Waals surface area contributed by atoms with Gasteiger partial charge in [0.15, 0.2) is 0 Å². The summed E-state index contributed by atoms with van der Waals surface area (Å²) in [6.07, 6.45) is 13.1. The molecule has 38 heavy (non-hydrogen) atoms. The van der Waals surface area contributed by atoms with E-state index < -0.39 is 5.60 Å². The highest BCUT2D eigenvalue weighted by atomic mass is 16.6. The van der Waals surface area contributed by atoms with Gasteiger partial charge in [-0.25, -0.2) is 14.6 Å². The van der Waals surface area contributed by atoms with Crippen LogP contribution in [0.2, 0.25) is 0 Å². The number of nitrogens with zero attached hydrogens (tertiary/aromatic N) is 4. The molecule has 1 aromatic heterocycles. The minimum Gasteiger partial charge on any atom is -0.489 e. The van der Waals surface area contributed by atoms with Gasteiger partial charge < -0.3 is 19.3 Å². The Kier molecular flexibility index (Phi) is 10.2. The average Bonchev–Trinajstić information content (AvgIpc) is 3.43. The smallest absolute Gasteiger partial charge is 0.410 e. The number of piperidine rings is 1. The molecule has 0 bridgehead atoms. The van der Waals surface area contributed by atoms with E-state index >= 15 is 0 Å². The lowest BCUT2D eigenvalue weighted by molar-refractivity contribution is 0.0172. The number of amides is 2. The number of imidazole rings is 1. The fraction of sp³-hybridized carbons (Fsp3) is 0.500. The average molecular weight is 523 g/mol. The van der Waals surface area contributed by atoms with Gasteiger partial charge in [0.05, 0.1) is 5.69 Å². The van der Waals surface area contributed by atoms with Gasteiger partial charge in [-0.2, -0.15) is 0 Å². The van der Waals surface area contributed by atoms with Crippen LogP contribution in [0.5, 0.6) is 5.75 Å². The number of allylic oxidation sites excluding steroid dienone is 2. The van der Waals surface area contributed by atoms with Gasteiger partial charge >= 0.3 is 12.1 Å². The van der Waals surface area contributed by atoms with E-state index in [0.717, 1.165) is 29.8 Å². The third-order valence-electron chi connectivity index (χ3n) is 6.40. The van der Waals surface area contributed by atoms with Crippen LogP contribution in [-0.4, -0.2) is 69.9 Å². The Balaban J connectivity index is 0.00000195. The summed E-state index contributed by atoms with van der Waals surface area (Å²) in [7, 11) is 1.80. The summed E-state index contributed by atoms with van der Waals surface area (Å²) < 4.78 is 12.9. The topological polar surface area (TPSA) is 76.9 Å². The van der Waals surface area contributed by atoms with Crippen molar-refractivity contribution in [3.05, 3.63) is 60.6 Å². The Morgan fingerprint density at radius 2 is 1.76 bits per heavy atom. The summed E-state index contributed by atoms with van der Waals surface area (Å²) in [6, 6.07) is 7.66. The third kappa shape index (κ3) is 7.97. The quantitative estimate of drug-likeness (QED) is 0.446. The minimum absolute atomic E-state index is 0.0487. The van der Waals surface area contributed by atoms with Crippen LogP contribution in [0.1, 0.15) is 60.3 Å². The van der Waals surface area contributed by atoms with Gasteiger partial charge in [-0.05, 0) is 76.3 Å². The van der Waals surface area contributed by atoms with Crippen LogP contribution in [-0.2, 0) is 4.74 Å². The number of rotatable bonds is 5. The second-order valence-corrected chi connectivity index (χ2v) is 10.3. The summed E-state index contributed by atoms with van der Waals surface area (Å²) in [5.74, 6) is 0.798. The number of benzene rings is 1. The van der Waals surface area contributed by atoms with Crippen LogP contribution in [0.4, 0.5) is 9.59 Å². The molecule has 0 spiro atoms. The molecule has 8 heteroatoms. The lowest BCUT2D eigenvalue weighted by Crippen LogP contribution is -2.49. The first-order valence-corrected chi connectivity index (χ1v) is 13.6. The Morgan fingerprint density at radius 1 is 1.08 bits per heavy atom. The summed E-state index contributed by atoms with van der Waals surface area (Å²) in [5, 5.41) is 0. The van der Waals surface area contributed by atoms with Gasteiger partial charge in [-0.1, -0.05) is 32.1 Å². The van der Waals surface area contributed by atoms with E-state index in [-0.39, 0.29) is 18.2 Å². The number of carbonyl (C=O) groups is 2. The van der Waals surface area contributed by atoms with Crippen molar-refractivity contribution in [2.24, 2.45) is 0 Å². The van der Waals surface area contributed by atoms with Crippen molar-refractivity contribution < 1.29 is 19.1 Å². The molecule has 206 valence electrons. The largest absolute Gasteiger partial charge is 0.489 e. The lowest BCUT2D eigenvalue weighted by atomic mass is 10.0. The van der Waals surface area contributed by atoms with Gasteiger partial charge in [0, 0.05) is 37.9 Å². The zero-order chi connectivity index (χ0) is 27.7. The van der Waals surface area contributed by atoms with E-state index in [4.69, 9.17) is 9.47 Å². The zero-order valence-corrected chi connectivity index (χ0v) is 23.6. The van der Waals surface area contributed by atoms with E-state index in [9.17, 15) is 9.59 Å². The number of hydrogen-bond acceptors (Lipinski definition) is 5. The summed E-state index contributed by atoms with van der Waals surface area (Å²) in [4.78, 5) is 33.3. The molecule has 2 aliphatic rings. The number of aromatic nitrogens is 2. The molecule has 0 radical (unpaired) electrons. The van der Waals surface area contributed by atoms with Crippen molar-refractivity contribution in [1.82, 2.24) is 19.4 Å². The molecule has 1 aliphatic heterocycles. The van der Waals surface area contributed by atoms with Gasteiger partial charge in [0.2, 0.25) is 0 Å². The maximum absolute atomic E-state index is 13.1. The molecule has 1 fully saturated rings. The molecule has 0 unspecified atom stereocenters. The molecule has 2 heterocycles. The molecule has 0 atom stereocenters. The molecule has 0 saturated carbocycles. The molecular weight excluding hydrogens is 480 g/mol. The summed E-state index contributed by atoms with van der Waals surface area (Å²) in [6.45, 7) is 11.3. The highest BCUT2D eigenvalue weighted by Crippen LogP contribution is 2.23. The SMILES string of the molecule is CC.CN(C(=O)n1cnc(-c2ccc(OCC3=CCCC=C3)cc2)c1)C1CCN(C(=O)OC(C)(C)C)CC1. The Morgan fingerprint density at radius 3 is 2.37 bits per heavy atom. The zero-order valence-electron chi connectivity index (χ0n) is 23.6. The Labute approximate surface area is 226 Å². The van der Waals surface area contributed by atoms with Gasteiger partial charge in [0.25, 0.3) is 0 Å². The highest BCUT2D eigenvalue weighted by Gasteiger charge is 2.30. The summed E-state index contributed by atoms with van der Waals surface area (Å²) >= 11 is 0. The summed E-state index contributed by atoms with van der Waals surface area (Å²) in [5.41, 5.74) is 2.32. The van der Waals surface area contributed by atoms with Crippen molar-refractivity contribution in [3.8, 4) is 17.0 Å². The maximum Gasteiger partial charge on any atom is 0.410 e. The normalized spacial score (nSPS) is 15.7. The molecule has 1 saturated heterocycles. The van der Waals surface area contributed by atoms with Crippen LogP contribution in [0.3, 0.4) is 0 Å². The maximum atomic E-state index is 13.1. The first-order valence-electron chi connectivity index (χ1n) is 13.6. The molecule has 2 aromatic rings. The van der Waals surface area contributed by atoms with Gasteiger partial charge in [-0.15, -0.1) is 0 Å². The predicted molar refractivity (Wildman–Crippen MR) is 150 cm³/mol. The first kappa shape index (κ1) is 29.0. The van der Waals surface area contributed by atoms with E-state index in [2.05, 4.69) is 23.2 Å². The van der Waals surface area contributed by atoms with Crippen LogP contribution in [0.15, 0.2) is 60.6 Å². The van der Waals surface area contributed by atoms with Crippen molar-refractivity contribution in [3.63, 3.8) is 0 Å². The van der Waals surface area contributed by atoms with E-state index in [1.54, 1.807) is 29.4 Å². The second kappa shape index (κ2) is 13.3. The van der Waals surface area contributed by atoms with Gasteiger partial charge in [-0.3, -0.25) is 4.57 Å². The van der Waals surface area contributed by atoms with E-state index in [1.165, 1.54) is 10.1 Å². The first-order chi connectivity index (χ1) is 18.2. The van der Waals surface area contributed by atoms with Crippen LogP contribution < -0.4 is 4.74 Å². The molecule has 2 amide bonds. The highest BCUT2D eigenvalue weighted by molar-refractivity contribution is 5.78. The monoisotopic (exact) mass is 522 g/mol. The van der Waals surface area contributed by atoms with E-state index in [1.807, 2.05) is 58.9 Å². The van der Waals surface area contributed by atoms with Crippen molar-refractivity contribution in [2.75, 3.05) is 26.7 Å². The third-order valence-corrected chi connectivity index (χ3v) is 6.40. The fourth-order valence-corrected chi connectivity index (χ4v) is 4.34. The number of likely N-dealkylation sites (tertiary alicyclic amines) is 1. The van der Waals surface area contributed by atoms with Crippen LogP contribution in [0.25, 0.3) is 11.3 Å².